The first-order valence-electron chi connectivity index (χ1n) is 11.4. The lowest BCUT2D eigenvalue weighted by Gasteiger charge is -2.32. The normalized spacial score (nSPS) is 18.0. The van der Waals surface area contributed by atoms with Gasteiger partial charge in [0.2, 0.25) is 0 Å². The van der Waals surface area contributed by atoms with E-state index in [0.717, 1.165) is 80.0 Å². The summed E-state index contributed by atoms with van der Waals surface area (Å²) < 4.78 is 5.49. The van der Waals surface area contributed by atoms with Crippen LogP contribution in [0.2, 0.25) is 0 Å². The summed E-state index contributed by atoms with van der Waals surface area (Å²) in [6.07, 6.45) is 7.90. The molecule has 2 aliphatic heterocycles. The molecule has 2 fully saturated rings. The number of anilines is 1. The minimum absolute atomic E-state index is 0.121. The molecule has 7 heteroatoms. The molecule has 5 heterocycles. The van der Waals surface area contributed by atoms with Gasteiger partial charge >= 0.3 is 0 Å². The van der Waals surface area contributed by atoms with Gasteiger partial charge in [0, 0.05) is 55.0 Å². The predicted molar refractivity (Wildman–Crippen MR) is 125 cm³/mol. The monoisotopic (exact) mass is 429 g/mol. The van der Waals surface area contributed by atoms with Gasteiger partial charge in [-0.2, -0.15) is 0 Å². The highest BCUT2D eigenvalue weighted by Gasteiger charge is 2.27. The van der Waals surface area contributed by atoms with Gasteiger partial charge in [0.15, 0.2) is 0 Å². The highest BCUT2D eigenvalue weighted by atomic mass is 16.5. The number of nitrogens with zero attached hydrogens (tertiary/aromatic N) is 3. The molecule has 0 aliphatic carbocycles. The molecule has 0 spiro atoms. The number of pyridine rings is 1. The van der Waals surface area contributed by atoms with Crippen LogP contribution in [-0.2, 0) is 4.74 Å². The lowest BCUT2D eigenvalue weighted by molar-refractivity contribution is 0.0713. The standard InChI is InChI=1S/C25H27N5O2/c31-25(19-2-1-18-3-6-26-23(18)13-19)30-7-4-17(5-8-30)22-16-28-24-21(22)14-20(15-27-24)29-9-11-32-12-10-29/h1-3,6,13-17,26H,4-5,7-12H2,(H,27,28). The largest absolute Gasteiger partial charge is 0.378 e. The Morgan fingerprint density at radius 1 is 1.03 bits per heavy atom. The van der Waals surface area contributed by atoms with Crippen LogP contribution in [0, 0.1) is 0 Å². The maximum Gasteiger partial charge on any atom is 0.253 e. The van der Waals surface area contributed by atoms with E-state index in [2.05, 4.69) is 32.1 Å². The molecule has 0 unspecified atom stereocenters. The van der Waals surface area contributed by atoms with Crippen molar-refractivity contribution in [2.45, 2.75) is 18.8 Å². The molecule has 1 amide bonds. The molecule has 2 saturated heterocycles. The smallest absolute Gasteiger partial charge is 0.253 e. The Labute approximate surface area is 186 Å². The van der Waals surface area contributed by atoms with E-state index in [4.69, 9.17) is 4.74 Å². The average molecular weight is 430 g/mol. The van der Waals surface area contributed by atoms with Crippen molar-refractivity contribution < 1.29 is 9.53 Å². The predicted octanol–water partition coefficient (Wildman–Crippen LogP) is 3.90. The Kier molecular flexibility index (Phi) is 4.83. The molecule has 32 heavy (non-hydrogen) atoms. The van der Waals surface area contributed by atoms with Crippen LogP contribution in [0.25, 0.3) is 21.9 Å². The van der Waals surface area contributed by atoms with Crippen LogP contribution in [0.15, 0.2) is 48.9 Å². The van der Waals surface area contributed by atoms with Crippen molar-refractivity contribution in [1.82, 2.24) is 19.9 Å². The minimum atomic E-state index is 0.121. The van der Waals surface area contributed by atoms with Crippen molar-refractivity contribution in [3.8, 4) is 0 Å². The number of piperidine rings is 1. The highest BCUT2D eigenvalue weighted by Crippen LogP contribution is 2.34. The van der Waals surface area contributed by atoms with E-state index in [-0.39, 0.29) is 5.91 Å². The molecule has 4 aromatic rings. The highest BCUT2D eigenvalue weighted by molar-refractivity contribution is 5.98. The number of aromatic amines is 2. The number of rotatable bonds is 3. The van der Waals surface area contributed by atoms with Crippen LogP contribution in [0.3, 0.4) is 0 Å². The lowest BCUT2D eigenvalue weighted by atomic mass is 9.89. The number of morpholine rings is 1. The summed E-state index contributed by atoms with van der Waals surface area (Å²) in [5.41, 5.74) is 5.18. The number of aromatic nitrogens is 3. The molecule has 1 aromatic carbocycles. The number of carbonyl (C=O) groups is 1. The second-order valence-electron chi connectivity index (χ2n) is 8.78. The summed E-state index contributed by atoms with van der Waals surface area (Å²) >= 11 is 0. The van der Waals surface area contributed by atoms with Crippen molar-refractivity contribution in [2.24, 2.45) is 0 Å². The number of nitrogens with one attached hydrogen (secondary N) is 2. The van der Waals surface area contributed by atoms with E-state index in [1.54, 1.807) is 0 Å². The Hall–Kier alpha value is -3.32. The molecule has 0 radical (unpaired) electrons. The Bertz CT molecular complexity index is 1260. The molecule has 0 bridgehead atoms. The van der Waals surface area contributed by atoms with E-state index in [0.29, 0.717) is 5.92 Å². The zero-order valence-electron chi connectivity index (χ0n) is 18.0. The summed E-state index contributed by atoms with van der Waals surface area (Å²) in [5.74, 6) is 0.551. The van der Waals surface area contributed by atoms with Gasteiger partial charge in [-0.3, -0.25) is 4.79 Å². The molecule has 6 rings (SSSR count). The zero-order valence-corrected chi connectivity index (χ0v) is 18.0. The van der Waals surface area contributed by atoms with Crippen LogP contribution >= 0.6 is 0 Å². The summed E-state index contributed by atoms with van der Waals surface area (Å²) in [6, 6.07) is 10.2. The van der Waals surface area contributed by atoms with E-state index in [9.17, 15) is 4.79 Å². The molecule has 2 N–H and O–H groups in total. The Balaban J connectivity index is 1.18. The molecule has 164 valence electrons. The molecule has 2 aliphatic rings. The first kappa shape index (κ1) is 19.4. The van der Waals surface area contributed by atoms with Crippen LogP contribution in [0.1, 0.15) is 34.7 Å². The van der Waals surface area contributed by atoms with Crippen molar-refractivity contribution in [2.75, 3.05) is 44.3 Å². The van der Waals surface area contributed by atoms with Crippen molar-refractivity contribution >= 4 is 33.5 Å². The van der Waals surface area contributed by atoms with Crippen LogP contribution in [0.4, 0.5) is 5.69 Å². The third-order valence-electron chi connectivity index (χ3n) is 6.95. The topological polar surface area (TPSA) is 77.2 Å². The number of fused-ring (bicyclic) bond motifs is 2. The minimum Gasteiger partial charge on any atom is -0.378 e. The number of carbonyl (C=O) groups excluding carboxylic acids is 1. The fourth-order valence-corrected chi connectivity index (χ4v) is 5.10. The maximum atomic E-state index is 13.1. The molecule has 0 saturated carbocycles. The Morgan fingerprint density at radius 2 is 1.88 bits per heavy atom. The van der Waals surface area contributed by atoms with E-state index < -0.39 is 0 Å². The molecule has 0 atom stereocenters. The van der Waals surface area contributed by atoms with E-state index in [1.165, 1.54) is 10.9 Å². The van der Waals surface area contributed by atoms with Crippen LogP contribution in [-0.4, -0.2) is 65.2 Å². The second-order valence-corrected chi connectivity index (χ2v) is 8.78. The third kappa shape index (κ3) is 3.42. The van der Waals surface area contributed by atoms with Crippen molar-refractivity contribution in [1.29, 1.82) is 0 Å². The summed E-state index contributed by atoms with van der Waals surface area (Å²) in [4.78, 5) is 28.6. The van der Waals surface area contributed by atoms with Gasteiger partial charge < -0.3 is 24.5 Å². The van der Waals surface area contributed by atoms with Gasteiger partial charge in [-0.05, 0) is 54.0 Å². The summed E-state index contributed by atoms with van der Waals surface area (Å²) in [7, 11) is 0. The molecular weight excluding hydrogens is 402 g/mol. The fourth-order valence-electron chi connectivity index (χ4n) is 5.10. The quantitative estimate of drug-likeness (QED) is 0.518. The second kappa shape index (κ2) is 7.98. The molecule has 7 nitrogen and oxygen atoms in total. The van der Waals surface area contributed by atoms with Crippen LogP contribution < -0.4 is 4.90 Å². The van der Waals surface area contributed by atoms with Crippen molar-refractivity contribution in [3.05, 3.63) is 60.0 Å². The van der Waals surface area contributed by atoms with Crippen molar-refractivity contribution in [3.63, 3.8) is 0 Å². The van der Waals surface area contributed by atoms with Gasteiger partial charge in [0.25, 0.3) is 5.91 Å². The van der Waals surface area contributed by atoms with E-state index >= 15 is 0 Å². The number of amides is 1. The number of likely N-dealkylation sites (tertiary alicyclic amines) is 1. The van der Waals surface area contributed by atoms with Gasteiger partial charge in [-0.25, -0.2) is 4.98 Å². The van der Waals surface area contributed by atoms with Gasteiger partial charge in [-0.15, -0.1) is 0 Å². The van der Waals surface area contributed by atoms with Gasteiger partial charge in [0.05, 0.1) is 25.1 Å². The SMILES string of the molecule is O=C(c1ccc2cc[nH]c2c1)N1CCC(c2c[nH]c3ncc(N4CCOCC4)cc23)CC1. The number of benzene rings is 1. The summed E-state index contributed by atoms with van der Waals surface area (Å²) in [6.45, 7) is 4.89. The average Bonchev–Trinajstić information content (AvgIpc) is 3.50. The first-order chi connectivity index (χ1) is 15.8. The van der Waals surface area contributed by atoms with Gasteiger partial charge in [0.1, 0.15) is 5.65 Å². The fraction of sp³-hybridized carbons (Fsp3) is 0.360. The lowest BCUT2D eigenvalue weighted by Crippen LogP contribution is -2.37. The third-order valence-corrected chi connectivity index (χ3v) is 6.95. The first-order valence-corrected chi connectivity index (χ1v) is 11.4. The van der Waals surface area contributed by atoms with Crippen LogP contribution in [0.5, 0.6) is 0 Å². The molecular formula is C25H27N5O2. The molecule has 3 aromatic heterocycles. The van der Waals surface area contributed by atoms with E-state index in [1.807, 2.05) is 41.6 Å². The van der Waals surface area contributed by atoms with Gasteiger partial charge in [-0.1, -0.05) is 6.07 Å². The Morgan fingerprint density at radius 3 is 2.72 bits per heavy atom. The number of hydrogen-bond acceptors (Lipinski definition) is 4. The summed E-state index contributed by atoms with van der Waals surface area (Å²) in [5, 5.41) is 2.33. The maximum absolute atomic E-state index is 13.1. The number of hydrogen-bond donors (Lipinski definition) is 2. The number of H-pyrrole nitrogens is 2. The zero-order chi connectivity index (χ0) is 21.5. The number of ether oxygens (including phenoxy) is 1.